The molecular weight excluding hydrogens is 278 g/mol. The molecule has 1 aromatic heterocycles. The van der Waals surface area contributed by atoms with Gasteiger partial charge >= 0.3 is 6.09 Å². The Labute approximate surface area is 131 Å². The molecule has 118 valence electrons. The molecule has 0 aliphatic rings. The second-order valence-electron chi connectivity index (χ2n) is 5.14. The number of hydrogen-bond acceptors (Lipinski definition) is 4. The van der Waals surface area contributed by atoms with Crippen molar-refractivity contribution >= 4 is 17.0 Å². The Hall–Kier alpha value is -2.14. The number of aromatic nitrogens is 1. The molecule has 0 radical (unpaired) electrons. The van der Waals surface area contributed by atoms with Crippen LogP contribution in [0.15, 0.2) is 30.5 Å². The molecule has 0 aliphatic carbocycles. The van der Waals surface area contributed by atoms with Gasteiger partial charge in [-0.1, -0.05) is 6.07 Å². The quantitative estimate of drug-likeness (QED) is 0.920. The van der Waals surface area contributed by atoms with E-state index in [1.54, 1.807) is 11.1 Å². The van der Waals surface area contributed by atoms with Crippen LogP contribution in [0.4, 0.5) is 4.79 Å². The summed E-state index contributed by atoms with van der Waals surface area (Å²) in [7, 11) is 1.90. The number of pyridine rings is 1. The van der Waals surface area contributed by atoms with E-state index in [1.165, 1.54) is 0 Å². The zero-order valence-electron chi connectivity index (χ0n) is 13.6. The Balaban J connectivity index is 2.44. The van der Waals surface area contributed by atoms with E-state index in [2.05, 4.69) is 23.3 Å². The van der Waals surface area contributed by atoms with E-state index in [9.17, 15) is 4.79 Å². The first-order chi connectivity index (χ1) is 10.6. The molecule has 5 nitrogen and oxygen atoms in total. The van der Waals surface area contributed by atoms with Crippen molar-refractivity contribution in [3.8, 4) is 5.75 Å². The van der Waals surface area contributed by atoms with Gasteiger partial charge in [-0.05, 0) is 51.6 Å². The lowest BCUT2D eigenvalue weighted by atomic mass is 10.0. The molecule has 22 heavy (non-hydrogen) atoms. The lowest BCUT2D eigenvalue weighted by Crippen LogP contribution is -2.33. The highest BCUT2D eigenvalue weighted by molar-refractivity contribution is 5.87. The van der Waals surface area contributed by atoms with Crippen LogP contribution < -0.4 is 10.1 Å². The Kier molecular flexibility index (Phi) is 5.33. The molecule has 1 heterocycles. The normalized spacial score (nSPS) is 12.2. The van der Waals surface area contributed by atoms with Crippen molar-refractivity contribution < 1.29 is 9.53 Å². The highest BCUT2D eigenvalue weighted by Crippen LogP contribution is 2.29. The van der Waals surface area contributed by atoms with Crippen molar-refractivity contribution in [2.75, 3.05) is 20.1 Å². The lowest BCUT2D eigenvalue weighted by Gasteiger charge is -2.19. The summed E-state index contributed by atoms with van der Waals surface area (Å²) < 4.78 is 5.60. The molecular formula is C17H23N3O2. The molecule has 0 aliphatic heterocycles. The number of ether oxygens (including phenoxy) is 1. The number of nitrogens with one attached hydrogen (secondary N) is 1. The number of carbonyl (C=O) groups is 1. The number of nitrogens with zero attached hydrogens (tertiary/aromatic N) is 2. The number of benzene rings is 1. The fraction of sp³-hybridized carbons (Fsp3) is 0.412. The molecule has 2 aromatic rings. The first kappa shape index (κ1) is 16.2. The van der Waals surface area contributed by atoms with Crippen molar-refractivity contribution in [1.29, 1.82) is 0 Å². The largest absolute Gasteiger partial charge is 0.415 e. The van der Waals surface area contributed by atoms with Crippen LogP contribution in [0.3, 0.4) is 0 Å². The summed E-state index contributed by atoms with van der Waals surface area (Å²) in [5, 5.41) is 4.16. The summed E-state index contributed by atoms with van der Waals surface area (Å²) in [6.07, 6.45) is 1.37. The van der Waals surface area contributed by atoms with E-state index in [-0.39, 0.29) is 12.1 Å². The van der Waals surface area contributed by atoms with Crippen molar-refractivity contribution in [3.63, 3.8) is 0 Å². The Morgan fingerprint density at radius 1 is 1.36 bits per heavy atom. The van der Waals surface area contributed by atoms with Crippen LogP contribution in [-0.4, -0.2) is 36.1 Å². The maximum atomic E-state index is 12.2. The third-order valence-electron chi connectivity index (χ3n) is 3.84. The fourth-order valence-corrected chi connectivity index (χ4v) is 2.32. The number of rotatable bonds is 5. The number of hydrogen-bond donors (Lipinski definition) is 1. The summed E-state index contributed by atoms with van der Waals surface area (Å²) in [6.45, 7) is 7.16. The summed E-state index contributed by atoms with van der Waals surface area (Å²) in [6, 6.07) is 7.97. The van der Waals surface area contributed by atoms with Gasteiger partial charge in [0.25, 0.3) is 0 Å². The van der Waals surface area contributed by atoms with Crippen LogP contribution >= 0.6 is 0 Å². The number of amides is 1. The Morgan fingerprint density at radius 2 is 2.09 bits per heavy atom. The van der Waals surface area contributed by atoms with E-state index in [0.717, 1.165) is 10.9 Å². The van der Waals surface area contributed by atoms with Gasteiger partial charge in [0.1, 0.15) is 5.52 Å². The van der Waals surface area contributed by atoms with E-state index < -0.39 is 0 Å². The summed E-state index contributed by atoms with van der Waals surface area (Å²) in [5.41, 5.74) is 1.76. The molecule has 0 fully saturated rings. The first-order valence-electron chi connectivity index (χ1n) is 7.63. The molecule has 1 unspecified atom stereocenters. The van der Waals surface area contributed by atoms with Gasteiger partial charge in [-0.15, -0.1) is 0 Å². The van der Waals surface area contributed by atoms with Gasteiger partial charge in [0.15, 0.2) is 5.75 Å². The molecule has 0 saturated heterocycles. The van der Waals surface area contributed by atoms with Crippen LogP contribution in [-0.2, 0) is 0 Å². The predicted molar refractivity (Wildman–Crippen MR) is 88.2 cm³/mol. The topological polar surface area (TPSA) is 54.5 Å². The van der Waals surface area contributed by atoms with Crippen LogP contribution in [0.2, 0.25) is 0 Å². The van der Waals surface area contributed by atoms with E-state index in [4.69, 9.17) is 4.74 Å². The highest BCUT2D eigenvalue weighted by Gasteiger charge is 2.16. The Bertz CT molecular complexity index is 653. The van der Waals surface area contributed by atoms with Crippen LogP contribution in [0.1, 0.15) is 32.4 Å². The molecule has 1 amide bonds. The minimum Gasteiger partial charge on any atom is -0.408 e. The van der Waals surface area contributed by atoms with Gasteiger partial charge < -0.3 is 15.0 Å². The van der Waals surface area contributed by atoms with Gasteiger partial charge in [-0.25, -0.2) is 4.79 Å². The van der Waals surface area contributed by atoms with Gasteiger partial charge in [0, 0.05) is 30.7 Å². The molecule has 5 heteroatoms. The molecule has 1 atom stereocenters. The van der Waals surface area contributed by atoms with Crippen LogP contribution in [0.25, 0.3) is 10.9 Å². The van der Waals surface area contributed by atoms with Gasteiger partial charge in [0.2, 0.25) is 0 Å². The molecule has 2 rings (SSSR count). The molecule has 0 bridgehead atoms. The first-order valence-corrected chi connectivity index (χ1v) is 7.63. The number of fused-ring (bicyclic) bond motifs is 1. The molecule has 0 spiro atoms. The minimum atomic E-state index is -0.341. The average Bonchev–Trinajstić information content (AvgIpc) is 2.55. The van der Waals surface area contributed by atoms with E-state index in [1.807, 2.05) is 39.1 Å². The van der Waals surface area contributed by atoms with Gasteiger partial charge in [-0.2, -0.15) is 0 Å². The molecule has 1 N–H and O–H groups in total. The second-order valence-corrected chi connectivity index (χ2v) is 5.14. The molecule has 1 aromatic carbocycles. The van der Waals surface area contributed by atoms with Crippen LogP contribution in [0, 0.1) is 0 Å². The van der Waals surface area contributed by atoms with Crippen molar-refractivity contribution in [3.05, 3.63) is 36.0 Å². The lowest BCUT2D eigenvalue weighted by molar-refractivity contribution is 0.157. The monoisotopic (exact) mass is 301 g/mol. The third-order valence-corrected chi connectivity index (χ3v) is 3.84. The summed E-state index contributed by atoms with van der Waals surface area (Å²) >= 11 is 0. The standard InChI is InChI=1S/C17H23N3O2/c1-5-20(6-2)17(21)22-15-11-14(12(3)18-4)10-13-8-7-9-19-16(13)15/h7-12,18H,5-6H2,1-4H3. The minimum absolute atomic E-state index is 0.163. The summed E-state index contributed by atoms with van der Waals surface area (Å²) in [4.78, 5) is 18.2. The SMILES string of the molecule is CCN(CC)C(=O)Oc1cc(C(C)NC)cc2cccnc12. The predicted octanol–water partition coefficient (Wildman–Crippen LogP) is 3.36. The smallest absolute Gasteiger partial charge is 0.408 e. The molecule has 0 saturated carbocycles. The third kappa shape index (κ3) is 3.36. The Morgan fingerprint density at radius 3 is 2.73 bits per heavy atom. The van der Waals surface area contributed by atoms with Crippen molar-refractivity contribution in [2.24, 2.45) is 0 Å². The zero-order valence-corrected chi connectivity index (χ0v) is 13.6. The van der Waals surface area contributed by atoms with E-state index in [0.29, 0.717) is 24.4 Å². The van der Waals surface area contributed by atoms with E-state index >= 15 is 0 Å². The highest BCUT2D eigenvalue weighted by atomic mass is 16.6. The maximum absolute atomic E-state index is 12.2. The average molecular weight is 301 g/mol. The van der Waals surface area contributed by atoms with Crippen LogP contribution in [0.5, 0.6) is 5.75 Å². The van der Waals surface area contributed by atoms with Crippen molar-refractivity contribution in [1.82, 2.24) is 15.2 Å². The number of carbonyl (C=O) groups excluding carboxylic acids is 1. The summed E-state index contributed by atoms with van der Waals surface area (Å²) in [5.74, 6) is 0.507. The zero-order chi connectivity index (χ0) is 16.1. The second kappa shape index (κ2) is 7.22. The fourth-order valence-electron chi connectivity index (χ4n) is 2.32. The maximum Gasteiger partial charge on any atom is 0.415 e. The van der Waals surface area contributed by atoms with Gasteiger partial charge in [0.05, 0.1) is 0 Å². The van der Waals surface area contributed by atoms with Gasteiger partial charge in [-0.3, -0.25) is 4.98 Å². The van der Waals surface area contributed by atoms with Crippen molar-refractivity contribution in [2.45, 2.75) is 26.8 Å².